The molecule has 1 aliphatic carbocycles. The van der Waals surface area contributed by atoms with E-state index in [4.69, 9.17) is 22.7 Å². The van der Waals surface area contributed by atoms with E-state index in [0.717, 1.165) is 35.2 Å². The third-order valence-corrected chi connectivity index (χ3v) is 4.61. The largest absolute Gasteiger partial charge is 0.398 e. The van der Waals surface area contributed by atoms with E-state index in [9.17, 15) is 0 Å². The van der Waals surface area contributed by atoms with Crippen LogP contribution < -0.4 is 5.73 Å². The Morgan fingerprint density at radius 3 is 2.54 bits per heavy atom. The first kappa shape index (κ1) is 15.0. The molecule has 0 unspecified atom stereocenters. The molecule has 0 aliphatic heterocycles. The highest BCUT2D eigenvalue weighted by molar-refractivity contribution is 6.31. The minimum Gasteiger partial charge on any atom is -0.398 e. The molecule has 2 aromatic heterocycles. The Labute approximate surface area is 145 Å². The number of imidazole rings is 1. The van der Waals surface area contributed by atoms with Crippen LogP contribution in [-0.2, 0) is 0 Å². The van der Waals surface area contributed by atoms with Crippen molar-refractivity contribution < 1.29 is 0 Å². The molecule has 1 saturated carbocycles. The van der Waals surface area contributed by atoms with Crippen LogP contribution in [0.3, 0.4) is 0 Å². The molecule has 0 saturated heterocycles. The first-order valence-corrected chi connectivity index (χ1v) is 8.29. The number of hydrogen-bond donors (Lipinski definition) is 2. The zero-order valence-corrected chi connectivity index (χ0v) is 13.8. The van der Waals surface area contributed by atoms with Crippen LogP contribution >= 0.6 is 11.6 Å². The Balaban J connectivity index is 1.88. The van der Waals surface area contributed by atoms with Gasteiger partial charge in [0, 0.05) is 52.1 Å². The molecule has 5 heteroatoms. The molecule has 24 heavy (non-hydrogen) atoms. The number of pyridine rings is 1. The molecule has 2 heterocycles. The zero-order chi connectivity index (χ0) is 16.7. The van der Waals surface area contributed by atoms with Gasteiger partial charge in [0.1, 0.15) is 5.65 Å². The van der Waals surface area contributed by atoms with Gasteiger partial charge in [-0.05, 0) is 42.7 Å². The van der Waals surface area contributed by atoms with Gasteiger partial charge in [-0.2, -0.15) is 0 Å². The highest BCUT2D eigenvalue weighted by Gasteiger charge is 2.30. The van der Waals surface area contributed by atoms with Crippen LogP contribution in [0.15, 0.2) is 55.0 Å². The van der Waals surface area contributed by atoms with Gasteiger partial charge in [0.15, 0.2) is 0 Å². The predicted molar refractivity (Wildman–Crippen MR) is 98.1 cm³/mol. The van der Waals surface area contributed by atoms with Crippen molar-refractivity contribution in [2.24, 2.45) is 11.7 Å². The van der Waals surface area contributed by atoms with Crippen molar-refractivity contribution in [2.45, 2.75) is 12.8 Å². The van der Waals surface area contributed by atoms with Crippen LogP contribution in [-0.4, -0.2) is 15.1 Å². The molecule has 1 aliphatic rings. The Bertz CT molecular complexity index is 949. The van der Waals surface area contributed by atoms with E-state index in [0.29, 0.717) is 22.3 Å². The van der Waals surface area contributed by atoms with Gasteiger partial charge < -0.3 is 15.5 Å². The van der Waals surface area contributed by atoms with Gasteiger partial charge in [-0.15, -0.1) is 0 Å². The van der Waals surface area contributed by atoms with Crippen LogP contribution in [0.4, 0.5) is 0 Å². The molecule has 3 aromatic rings. The summed E-state index contributed by atoms with van der Waals surface area (Å²) in [5.41, 5.74) is 11.2. The monoisotopic (exact) mass is 336 g/mol. The van der Waals surface area contributed by atoms with Crippen molar-refractivity contribution in [3.05, 3.63) is 71.1 Å². The van der Waals surface area contributed by atoms with Gasteiger partial charge in [-0.25, -0.2) is 4.98 Å². The van der Waals surface area contributed by atoms with E-state index in [1.54, 1.807) is 6.20 Å². The molecule has 0 bridgehead atoms. The lowest BCUT2D eigenvalue weighted by molar-refractivity contribution is 1.16. The Kier molecular flexibility index (Phi) is 3.62. The van der Waals surface area contributed by atoms with Crippen molar-refractivity contribution in [1.82, 2.24) is 9.38 Å². The summed E-state index contributed by atoms with van der Waals surface area (Å²) in [5, 5.41) is 9.28. The third-order valence-electron chi connectivity index (χ3n) is 4.36. The fourth-order valence-corrected chi connectivity index (χ4v) is 3.00. The van der Waals surface area contributed by atoms with Gasteiger partial charge in [0.25, 0.3) is 0 Å². The van der Waals surface area contributed by atoms with Crippen molar-refractivity contribution in [3.63, 3.8) is 0 Å². The molecule has 1 fully saturated rings. The fourth-order valence-electron chi connectivity index (χ4n) is 2.87. The van der Waals surface area contributed by atoms with Crippen molar-refractivity contribution in [1.29, 1.82) is 5.41 Å². The number of fused-ring (bicyclic) bond motifs is 1. The number of aromatic nitrogens is 2. The number of allylic oxidation sites excluding steroid dienone is 1. The average Bonchev–Trinajstić information content (AvgIpc) is 3.33. The maximum atomic E-state index is 8.60. The SMILES string of the molecule is N=C(C(=C(N)c1ccc(Cl)cc1)c1ccc2nccn2c1)C1CC1. The first-order valence-electron chi connectivity index (χ1n) is 7.91. The Morgan fingerprint density at radius 2 is 1.83 bits per heavy atom. The average molecular weight is 337 g/mol. The maximum Gasteiger partial charge on any atom is 0.136 e. The van der Waals surface area contributed by atoms with Gasteiger partial charge in [0.05, 0.1) is 0 Å². The number of nitrogens with zero attached hydrogens (tertiary/aromatic N) is 2. The summed E-state index contributed by atoms with van der Waals surface area (Å²) < 4.78 is 1.95. The zero-order valence-electron chi connectivity index (χ0n) is 13.0. The van der Waals surface area contributed by atoms with E-state index in [-0.39, 0.29) is 0 Å². The van der Waals surface area contributed by atoms with E-state index < -0.39 is 0 Å². The van der Waals surface area contributed by atoms with Gasteiger partial charge >= 0.3 is 0 Å². The molecule has 3 N–H and O–H groups in total. The lowest BCUT2D eigenvalue weighted by atomic mass is 9.94. The summed E-state index contributed by atoms with van der Waals surface area (Å²) in [6.07, 6.45) is 7.76. The molecular formula is C19H17ClN4. The molecule has 0 spiro atoms. The fraction of sp³-hybridized carbons (Fsp3) is 0.158. The number of hydrogen-bond acceptors (Lipinski definition) is 3. The number of nitrogens with two attached hydrogens (primary N) is 1. The molecule has 1 aromatic carbocycles. The van der Waals surface area contributed by atoms with Crippen LogP contribution in [0.25, 0.3) is 16.9 Å². The lowest BCUT2D eigenvalue weighted by Crippen LogP contribution is -2.11. The first-order chi connectivity index (χ1) is 11.6. The smallest absolute Gasteiger partial charge is 0.136 e. The van der Waals surface area contributed by atoms with Gasteiger partial charge in [-0.3, -0.25) is 0 Å². The maximum absolute atomic E-state index is 8.60. The summed E-state index contributed by atoms with van der Waals surface area (Å²) in [6, 6.07) is 11.4. The molecule has 4 nitrogen and oxygen atoms in total. The van der Waals surface area contributed by atoms with Crippen LogP contribution in [0.5, 0.6) is 0 Å². The molecule has 0 atom stereocenters. The minimum absolute atomic E-state index is 0.310. The predicted octanol–water partition coefficient (Wildman–Crippen LogP) is 4.24. The second-order valence-electron chi connectivity index (χ2n) is 6.09. The molecule has 120 valence electrons. The minimum atomic E-state index is 0.310. The molecule has 0 radical (unpaired) electrons. The highest BCUT2D eigenvalue weighted by Crippen LogP contribution is 2.37. The third kappa shape index (κ3) is 2.69. The number of benzene rings is 1. The quantitative estimate of drug-likeness (QED) is 0.699. The van der Waals surface area contributed by atoms with Crippen molar-refractivity contribution in [3.8, 4) is 0 Å². The second kappa shape index (κ2) is 5.80. The highest BCUT2D eigenvalue weighted by atomic mass is 35.5. The number of rotatable bonds is 4. The van der Waals surface area contributed by atoms with E-state index in [2.05, 4.69) is 4.98 Å². The summed E-state index contributed by atoms with van der Waals surface area (Å²) in [6.45, 7) is 0. The molecule has 0 amide bonds. The molecular weight excluding hydrogens is 320 g/mol. The van der Waals surface area contributed by atoms with Crippen LogP contribution in [0.1, 0.15) is 24.0 Å². The van der Waals surface area contributed by atoms with E-state index in [1.807, 2.05) is 53.2 Å². The van der Waals surface area contributed by atoms with Crippen molar-refractivity contribution in [2.75, 3.05) is 0 Å². The lowest BCUT2D eigenvalue weighted by Gasteiger charge is -2.14. The normalized spacial score (nSPS) is 15.4. The van der Waals surface area contributed by atoms with Crippen LogP contribution in [0, 0.1) is 11.3 Å². The van der Waals surface area contributed by atoms with E-state index >= 15 is 0 Å². The Morgan fingerprint density at radius 1 is 1.12 bits per heavy atom. The van der Waals surface area contributed by atoms with Gasteiger partial charge in [0.2, 0.25) is 0 Å². The number of halogens is 1. The van der Waals surface area contributed by atoms with Crippen molar-refractivity contribution >= 4 is 34.2 Å². The summed E-state index contributed by atoms with van der Waals surface area (Å²) in [5.74, 6) is 0.310. The second-order valence-corrected chi connectivity index (χ2v) is 6.53. The summed E-state index contributed by atoms with van der Waals surface area (Å²) in [4.78, 5) is 4.27. The van der Waals surface area contributed by atoms with Crippen LogP contribution in [0.2, 0.25) is 5.02 Å². The topological polar surface area (TPSA) is 67.2 Å². The van der Waals surface area contributed by atoms with Gasteiger partial charge in [-0.1, -0.05) is 23.7 Å². The standard InChI is InChI=1S/C19H17ClN4/c20-15-6-3-13(4-7-15)19(22)17(18(21)12-1-2-12)14-5-8-16-23-9-10-24(16)11-14/h3-12,21H,1-2,22H2. The van der Waals surface area contributed by atoms with E-state index in [1.165, 1.54) is 0 Å². The number of nitrogens with one attached hydrogen (secondary N) is 1. The molecule has 4 rings (SSSR count). The summed E-state index contributed by atoms with van der Waals surface area (Å²) >= 11 is 5.98. The summed E-state index contributed by atoms with van der Waals surface area (Å²) in [7, 11) is 0. The Hall–Kier alpha value is -2.59.